The Balaban J connectivity index is 1.68. The van der Waals surface area contributed by atoms with Crippen molar-refractivity contribution >= 4 is 40.0 Å². The Bertz CT molecular complexity index is 1230. The van der Waals surface area contributed by atoms with Crippen molar-refractivity contribution in [2.75, 3.05) is 6.54 Å². The van der Waals surface area contributed by atoms with Gasteiger partial charge in [-0.15, -0.1) is 0 Å². The minimum absolute atomic E-state index is 0.211. The summed E-state index contributed by atoms with van der Waals surface area (Å²) in [5, 5.41) is 12.2. The standard InChI is InChI=1S/C24H23Cl2FN4OS/c1-31-23(21(26)14-29-31)18-12-22(33-7-2-3-8-33)19(11-20(18)25)24(32)30-17(13-28)10-15-5-4-6-16(27)9-15/h2-9,11-12,14,17,33H,10,13,28H2,1H3,(H,30,32)/t17-/m0/s1. The Morgan fingerprint density at radius 1 is 1.21 bits per heavy atom. The van der Waals surface area contributed by atoms with Crippen LogP contribution in [0.3, 0.4) is 0 Å². The number of carbonyl (C=O) groups is 1. The molecule has 1 atom stereocenters. The fourth-order valence-corrected chi connectivity index (χ4v) is 5.99. The van der Waals surface area contributed by atoms with Gasteiger partial charge in [-0.05, 0) is 47.1 Å². The van der Waals surface area contributed by atoms with Crippen molar-refractivity contribution in [2.24, 2.45) is 12.8 Å². The van der Waals surface area contributed by atoms with Crippen LogP contribution in [-0.4, -0.2) is 28.3 Å². The van der Waals surface area contributed by atoms with Crippen molar-refractivity contribution < 1.29 is 9.18 Å². The minimum atomic E-state index is -0.833. The van der Waals surface area contributed by atoms with Crippen molar-refractivity contribution in [2.45, 2.75) is 17.4 Å². The largest absolute Gasteiger partial charge is 0.348 e. The van der Waals surface area contributed by atoms with Gasteiger partial charge in [-0.25, -0.2) is 4.39 Å². The molecule has 9 heteroatoms. The van der Waals surface area contributed by atoms with Crippen LogP contribution >= 0.6 is 34.1 Å². The number of halogens is 3. The smallest absolute Gasteiger partial charge is 0.252 e. The van der Waals surface area contributed by atoms with Gasteiger partial charge in [0.2, 0.25) is 0 Å². The predicted octanol–water partition coefficient (Wildman–Crippen LogP) is 5.23. The summed E-state index contributed by atoms with van der Waals surface area (Å²) in [4.78, 5) is 14.2. The van der Waals surface area contributed by atoms with E-state index in [0.717, 1.165) is 10.5 Å². The Morgan fingerprint density at radius 3 is 2.61 bits per heavy atom. The lowest BCUT2D eigenvalue weighted by Gasteiger charge is -2.22. The molecule has 1 amide bonds. The first-order chi connectivity index (χ1) is 15.9. The van der Waals surface area contributed by atoms with E-state index in [0.29, 0.717) is 33.3 Å². The normalized spacial score (nSPS) is 14.6. The number of nitrogens with one attached hydrogen (secondary N) is 1. The second kappa shape index (κ2) is 10.1. The number of carbonyl (C=O) groups excluding carboxylic acids is 1. The van der Waals surface area contributed by atoms with Crippen molar-refractivity contribution in [1.29, 1.82) is 0 Å². The van der Waals surface area contributed by atoms with Crippen molar-refractivity contribution in [3.63, 3.8) is 0 Å². The molecule has 0 radical (unpaired) electrons. The van der Waals surface area contributed by atoms with E-state index in [1.165, 1.54) is 12.1 Å². The molecular formula is C24H23Cl2FN4OS. The van der Waals surface area contributed by atoms with E-state index in [9.17, 15) is 9.18 Å². The molecule has 0 fully saturated rings. The fraction of sp³-hybridized carbons (Fsp3) is 0.167. The van der Waals surface area contributed by atoms with E-state index in [-0.39, 0.29) is 24.3 Å². The van der Waals surface area contributed by atoms with Crippen LogP contribution in [-0.2, 0) is 13.5 Å². The van der Waals surface area contributed by atoms with Crippen LogP contribution in [0.15, 0.2) is 70.5 Å². The summed E-state index contributed by atoms with van der Waals surface area (Å²) < 4.78 is 15.2. The number of benzene rings is 2. The Hall–Kier alpha value is -2.58. The third-order valence-corrected chi connectivity index (χ3v) is 7.86. The third kappa shape index (κ3) is 5.17. The maximum absolute atomic E-state index is 13.6. The molecule has 0 spiro atoms. The number of allylic oxidation sites excluding steroid dienone is 2. The number of nitrogens with zero attached hydrogens (tertiary/aromatic N) is 2. The zero-order valence-corrected chi connectivity index (χ0v) is 20.2. The summed E-state index contributed by atoms with van der Waals surface area (Å²) in [6, 6.07) is 9.50. The van der Waals surface area contributed by atoms with Crippen molar-refractivity contribution in [3.8, 4) is 11.3 Å². The van der Waals surface area contributed by atoms with Crippen LogP contribution in [0.25, 0.3) is 11.3 Å². The van der Waals surface area contributed by atoms with E-state index < -0.39 is 10.9 Å². The summed E-state index contributed by atoms with van der Waals surface area (Å²) in [6.45, 7) is 0.211. The molecule has 0 saturated carbocycles. The van der Waals surface area contributed by atoms with Crippen LogP contribution in [0.1, 0.15) is 15.9 Å². The molecule has 2 aromatic carbocycles. The molecule has 33 heavy (non-hydrogen) atoms. The average molecular weight is 505 g/mol. The van der Waals surface area contributed by atoms with E-state index in [4.69, 9.17) is 28.9 Å². The summed E-state index contributed by atoms with van der Waals surface area (Å²) >= 11 is 13.0. The average Bonchev–Trinajstić information content (AvgIpc) is 3.43. The molecule has 0 aliphatic carbocycles. The summed E-state index contributed by atoms with van der Waals surface area (Å²) in [5.41, 5.74) is 8.55. The van der Waals surface area contributed by atoms with Gasteiger partial charge in [-0.3, -0.25) is 9.48 Å². The lowest BCUT2D eigenvalue weighted by atomic mass is 10.0. The van der Waals surface area contributed by atoms with Gasteiger partial charge in [0.25, 0.3) is 5.91 Å². The number of nitrogens with two attached hydrogens (primary N) is 1. The second-order valence-electron chi connectivity index (χ2n) is 7.64. The molecule has 2 heterocycles. The van der Waals surface area contributed by atoms with Crippen LogP contribution in [0.4, 0.5) is 4.39 Å². The lowest BCUT2D eigenvalue weighted by molar-refractivity contribution is 0.0935. The highest BCUT2D eigenvalue weighted by Gasteiger charge is 2.23. The number of aryl methyl sites for hydroxylation is 1. The molecule has 0 saturated heterocycles. The maximum atomic E-state index is 13.6. The predicted molar refractivity (Wildman–Crippen MR) is 135 cm³/mol. The monoisotopic (exact) mass is 504 g/mol. The first kappa shape index (κ1) is 23.6. The van der Waals surface area contributed by atoms with Gasteiger partial charge < -0.3 is 11.1 Å². The Labute approximate surface area is 204 Å². The van der Waals surface area contributed by atoms with E-state index in [1.807, 2.05) is 24.3 Å². The highest BCUT2D eigenvalue weighted by atomic mass is 35.5. The molecule has 0 unspecified atom stereocenters. The quantitative estimate of drug-likeness (QED) is 0.385. The lowest BCUT2D eigenvalue weighted by Crippen LogP contribution is -2.42. The van der Waals surface area contributed by atoms with Gasteiger partial charge in [0.05, 0.1) is 27.5 Å². The fourth-order valence-electron chi connectivity index (χ4n) is 3.75. The molecular weight excluding hydrogens is 482 g/mol. The summed E-state index contributed by atoms with van der Waals surface area (Å²) in [5.74, 6) is -0.603. The van der Waals surface area contributed by atoms with E-state index >= 15 is 0 Å². The Morgan fingerprint density at radius 2 is 1.97 bits per heavy atom. The summed E-state index contributed by atoms with van der Waals surface area (Å²) in [6.07, 6.45) is 5.91. The maximum Gasteiger partial charge on any atom is 0.252 e. The zero-order chi connectivity index (χ0) is 23.5. The third-order valence-electron chi connectivity index (χ3n) is 5.35. The van der Waals surface area contributed by atoms with Crippen LogP contribution in [0.5, 0.6) is 0 Å². The highest BCUT2D eigenvalue weighted by Crippen LogP contribution is 2.47. The van der Waals surface area contributed by atoms with Crippen LogP contribution < -0.4 is 11.1 Å². The number of thiol groups is 1. The topological polar surface area (TPSA) is 72.9 Å². The number of rotatable bonds is 7. The number of hydrogen-bond acceptors (Lipinski definition) is 3. The minimum Gasteiger partial charge on any atom is -0.348 e. The van der Waals surface area contributed by atoms with Gasteiger partial charge in [0, 0.05) is 30.1 Å². The molecule has 1 aromatic heterocycles. The molecule has 4 rings (SSSR count). The van der Waals surface area contributed by atoms with Crippen LogP contribution in [0.2, 0.25) is 10.0 Å². The highest BCUT2D eigenvalue weighted by molar-refractivity contribution is 8.22. The van der Waals surface area contributed by atoms with Gasteiger partial charge in [0.15, 0.2) is 0 Å². The van der Waals surface area contributed by atoms with Gasteiger partial charge in [-0.2, -0.15) is 16.0 Å². The van der Waals surface area contributed by atoms with Crippen molar-refractivity contribution in [1.82, 2.24) is 15.1 Å². The first-order valence-electron chi connectivity index (χ1n) is 10.3. The molecule has 3 aromatic rings. The number of aromatic nitrogens is 2. The molecule has 172 valence electrons. The number of hydrogen-bond donors (Lipinski definition) is 3. The SMILES string of the molecule is Cn1ncc(Cl)c1-c1cc([SH]2C=CC=C2)c(C(=O)N[C@H](CN)Cc2cccc(F)c2)cc1Cl. The zero-order valence-electron chi connectivity index (χ0n) is 17.8. The van der Waals surface area contributed by atoms with Gasteiger partial charge in [0.1, 0.15) is 5.82 Å². The first-order valence-corrected chi connectivity index (χ1v) is 12.5. The molecule has 3 N–H and O–H groups in total. The molecule has 1 aliphatic rings. The van der Waals surface area contributed by atoms with Crippen LogP contribution in [0, 0.1) is 5.82 Å². The second-order valence-corrected chi connectivity index (χ2v) is 10.4. The van der Waals surface area contributed by atoms with Gasteiger partial charge in [-0.1, -0.05) is 47.5 Å². The van der Waals surface area contributed by atoms with Crippen molar-refractivity contribution in [3.05, 3.63) is 92.6 Å². The molecule has 0 bridgehead atoms. The Kier molecular flexibility index (Phi) is 7.24. The molecule has 5 nitrogen and oxygen atoms in total. The van der Waals surface area contributed by atoms with Gasteiger partial charge >= 0.3 is 0 Å². The summed E-state index contributed by atoms with van der Waals surface area (Å²) in [7, 11) is 0.955. The van der Waals surface area contributed by atoms with E-state index in [2.05, 4.69) is 21.2 Å². The molecule has 1 aliphatic heterocycles. The van der Waals surface area contributed by atoms with E-state index in [1.54, 1.807) is 30.1 Å². The number of amides is 1.